The van der Waals surface area contributed by atoms with E-state index in [1.54, 1.807) is 0 Å². The number of carbonyl (C=O) groups excluding carboxylic acids is 1. The summed E-state index contributed by atoms with van der Waals surface area (Å²) in [6.45, 7) is 4.03. The summed E-state index contributed by atoms with van der Waals surface area (Å²) >= 11 is 0. The predicted molar refractivity (Wildman–Crippen MR) is 53.6 cm³/mol. The van der Waals surface area contributed by atoms with E-state index in [4.69, 9.17) is 0 Å². The van der Waals surface area contributed by atoms with Gasteiger partial charge in [-0.05, 0) is 25.8 Å². The summed E-state index contributed by atoms with van der Waals surface area (Å²) in [5.41, 5.74) is 0. The van der Waals surface area contributed by atoms with Gasteiger partial charge in [0.2, 0.25) is 5.91 Å². The van der Waals surface area contributed by atoms with Crippen molar-refractivity contribution in [2.24, 2.45) is 0 Å². The van der Waals surface area contributed by atoms with E-state index in [2.05, 4.69) is 5.32 Å². The molecule has 1 heterocycles. The summed E-state index contributed by atoms with van der Waals surface area (Å²) < 4.78 is 0. The molecule has 0 aromatic rings. The van der Waals surface area contributed by atoms with E-state index >= 15 is 0 Å². The Kier molecular flexibility index (Phi) is 4.22. The fourth-order valence-corrected chi connectivity index (χ4v) is 1.75. The van der Waals surface area contributed by atoms with Crippen LogP contribution < -0.4 is 5.32 Å². The van der Waals surface area contributed by atoms with Crippen LogP contribution in [-0.4, -0.2) is 37.0 Å². The predicted octanol–water partition coefficient (Wildman–Crippen LogP) is 0.997. The molecule has 0 aliphatic carbocycles. The zero-order valence-electron chi connectivity index (χ0n) is 8.68. The number of nitrogens with one attached hydrogen (secondary N) is 1. The Morgan fingerprint density at radius 3 is 2.92 bits per heavy atom. The highest BCUT2D eigenvalue weighted by Gasteiger charge is 2.17. The Labute approximate surface area is 80.5 Å². The number of hydrogen-bond acceptors (Lipinski definition) is 2. The zero-order chi connectivity index (χ0) is 9.68. The van der Waals surface area contributed by atoms with Crippen molar-refractivity contribution in [3.63, 3.8) is 0 Å². The molecule has 1 unspecified atom stereocenters. The minimum Gasteiger partial charge on any atom is -0.344 e. The van der Waals surface area contributed by atoms with Crippen LogP contribution in [0.5, 0.6) is 0 Å². The van der Waals surface area contributed by atoms with Crippen LogP contribution in [0.1, 0.15) is 32.6 Å². The zero-order valence-corrected chi connectivity index (χ0v) is 8.68. The van der Waals surface area contributed by atoms with Gasteiger partial charge in [0, 0.05) is 26.1 Å². The average molecular weight is 184 g/mol. The minimum absolute atomic E-state index is 0.274. The third kappa shape index (κ3) is 3.35. The van der Waals surface area contributed by atoms with Crippen LogP contribution in [-0.2, 0) is 4.79 Å². The third-order valence-corrected chi connectivity index (χ3v) is 2.55. The molecule has 1 atom stereocenters. The lowest BCUT2D eigenvalue weighted by Crippen LogP contribution is -2.38. The first kappa shape index (κ1) is 10.5. The van der Waals surface area contributed by atoms with Crippen molar-refractivity contribution in [3.8, 4) is 0 Å². The molecule has 0 aromatic heterocycles. The Morgan fingerprint density at radius 2 is 2.38 bits per heavy atom. The molecule has 3 heteroatoms. The lowest BCUT2D eigenvalue weighted by Gasteiger charge is -2.21. The van der Waals surface area contributed by atoms with E-state index in [0.29, 0.717) is 12.5 Å². The fourth-order valence-electron chi connectivity index (χ4n) is 1.75. The van der Waals surface area contributed by atoms with E-state index in [0.717, 1.165) is 19.5 Å². The summed E-state index contributed by atoms with van der Waals surface area (Å²) in [6.07, 6.45) is 4.09. The van der Waals surface area contributed by atoms with Gasteiger partial charge in [0.25, 0.3) is 0 Å². The van der Waals surface area contributed by atoms with Crippen LogP contribution in [0.4, 0.5) is 0 Å². The summed E-state index contributed by atoms with van der Waals surface area (Å²) in [7, 11) is 1.90. The van der Waals surface area contributed by atoms with Gasteiger partial charge < -0.3 is 10.2 Å². The molecule has 3 nitrogen and oxygen atoms in total. The van der Waals surface area contributed by atoms with Gasteiger partial charge in [-0.15, -0.1) is 0 Å². The van der Waals surface area contributed by atoms with E-state index in [1.165, 1.54) is 12.8 Å². The summed E-state index contributed by atoms with van der Waals surface area (Å²) in [4.78, 5) is 13.3. The van der Waals surface area contributed by atoms with Crippen molar-refractivity contribution < 1.29 is 4.79 Å². The monoisotopic (exact) mass is 184 g/mol. The number of rotatable bonds is 4. The van der Waals surface area contributed by atoms with Gasteiger partial charge >= 0.3 is 0 Å². The van der Waals surface area contributed by atoms with E-state index in [-0.39, 0.29) is 5.91 Å². The molecule has 1 aliphatic heterocycles. The van der Waals surface area contributed by atoms with Crippen LogP contribution in [0.15, 0.2) is 0 Å². The molecule has 1 rings (SSSR count). The van der Waals surface area contributed by atoms with Crippen molar-refractivity contribution in [1.29, 1.82) is 0 Å². The van der Waals surface area contributed by atoms with E-state index < -0.39 is 0 Å². The number of hydrogen-bond donors (Lipinski definition) is 1. The highest BCUT2D eigenvalue weighted by molar-refractivity contribution is 5.75. The Bertz CT molecular complexity index is 164. The summed E-state index contributed by atoms with van der Waals surface area (Å²) in [5, 5.41) is 3.39. The lowest BCUT2D eigenvalue weighted by molar-refractivity contribution is -0.130. The third-order valence-electron chi connectivity index (χ3n) is 2.55. The standard InChI is InChI=1S/C10H20N2O/c1-3-5-10(13)12(2)8-9-6-4-7-11-9/h9,11H,3-8H2,1-2H3. The number of carbonyl (C=O) groups is 1. The second kappa shape index (κ2) is 5.22. The maximum Gasteiger partial charge on any atom is 0.222 e. The van der Waals surface area contributed by atoms with Crippen LogP contribution in [0.2, 0.25) is 0 Å². The van der Waals surface area contributed by atoms with Crippen molar-refractivity contribution >= 4 is 5.91 Å². The maximum absolute atomic E-state index is 11.4. The van der Waals surface area contributed by atoms with Crippen molar-refractivity contribution in [1.82, 2.24) is 10.2 Å². The minimum atomic E-state index is 0.274. The average Bonchev–Trinajstić information content (AvgIpc) is 2.57. The van der Waals surface area contributed by atoms with Gasteiger partial charge in [-0.3, -0.25) is 4.79 Å². The first-order chi connectivity index (χ1) is 6.24. The molecule has 1 aliphatic rings. The number of amides is 1. The van der Waals surface area contributed by atoms with Gasteiger partial charge in [-0.1, -0.05) is 6.92 Å². The molecule has 0 bridgehead atoms. The summed E-state index contributed by atoms with van der Waals surface area (Å²) in [5.74, 6) is 0.274. The molecule has 1 fully saturated rings. The Morgan fingerprint density at radius 1 is 1.62 bits per heavy atom. The smallest absolute Gasteiger partial charge is 0.222 e. The van der Waals surface area contributed by atoms with Crippen LogP contribution in [0, 0.1) is 0 Å². The normalized spacial score (nSPS) is 21.8. The van der Waals surface area contributed by atoms with Gasteiger partial charge in [0.1, 0.15) is 0 Å². The quantitative estimate of drug-likeness (QED) is 0.707. The van der Waals surface area contributed by atoms with Crippen LogP contribution >= 0.6 is 0 Å². The second-order valence-corrected chi connectivity index (χ2v) is 3.82. The number of nitrogens with zero attached hydrogens (tertiary/aromatic N) is 1. The van der Waals surface area contributed by atoms with Crippen molar-refractivity contribution in [2.75, 3.05) is 20.1 Å². The topological polar surface area (TPSA) is 32.3 Å². The molecule has 1 saturated heterocycles. The van der Waals surface area contributed by atoms with Gasteiger partial charge in [-0.25, -0.2) is 0 Å². The maximum atomic E-state index is 11.4. The molecule has 1 N–H and O–H groups in total. The van der Waals surface area contributed by atoms with Crippen LogP contribution in [0.25, 0.3) is 0 Å². The molecule has 13 heavy (non-hydrogen) atoms. The lowest BCUT2D eigenvalue weighted by atomic mass is 10.2. The first-order valence-corrected chi connectivity index (χ1v) is 5.21. The molecule has 0 radical (unpaired) electrons. The second-order valence-electron chi connectivity index (χ2n) is 3.82. The molecule has 76 valence electrons. The van der Waals surface area contributed by atoms with Crippen molar-refractivity contribution in [2.45, 2.75) is 38.6 Å². The fraction of sp³-hybridized carbons (Fsp3) is 0.900. The van der Waals surface area contributed by atoms with Gasteiger partial charge in [-0.2, -0.15) is 0 Å². The largest absolute Gasteiger partial charge is 0.344 e. The molecule has 0 saturated carbocycles. The molecule has 0 aromatic carbocycles. The van der Waals surface area contributed by atoms with E-state index in [9.17, 15) is 4.79 Å². The van der Waals surface area contributed by atoms with Crippen LogP contribution in [0.3, 0.4) is 0 Å². The first-order valence-electron chi connectivity index (χ1n) is 5.21. The van der Waals surface area contributed by atoms with E-state index in [1.807, 2.05) is 18.9 Å². The highest BCUT2D eigenvalue weighted by Crippen LogP contribution is 2.06. The SMILES string of the molecule is CCCC(=O)N(C)CC1CCCN1. The Hall–Kier alpha value is -0.570. The highest BCUT2D eigenvalue weighted by atomic mass is 16.2. The molecular weight excluding hydrogens is 164 g/mol. The van der Waals surface area contributed by atoms with Gasteiger partial charge in [0.15, 0.2) is 0 Å². The van der Waals surface area contributed by atoms with Crippen molar-refractivity contribution in [3.05, 3.63) is 0 Å². The Balaban J connectivity index is 2.22. The molecular formula is C10H20N2O. The van der Waals surface area contributed by atoms with Gasteiger partial charge in [0.05, 0.1) is 0 Å². The number of likely N-dealkylation sites (N-methyl/N-ethyl adjacent to an activating group) is 1. The molecule has 1 amide bonds. The summed E-state index contributed by atoms with van der Waals surface area (Å²) in [6, 6.07) is 0.533. The molecule has 0 spiro atoms.